The lowest BCUT2D eigenvalue weighted by molar-refractivity contribution is -0.0512. The standard InChI is InChI=1S/C9H15N3O/c1-12-7-10-4-8(12)3-9(13-2)5-11-6-9/h4,7,11H,3,5-6H2,1-2H3. The van der Waals surface area contributed by atoms with Crippen molar-refractivity contribution >= 4 is 0 Å². The Kier molecular flexibility index (Phi) is 2.09. The molecule has 1 aromatic rings. The van der Waals surface area contributed by atoms with Crippen LogP contribution in [0.4, 0.5) is 0 Å². The topological polar surface area (TPSA) is 39.1 Å². The Bertz CT molecular complexity index is 285. The van der Waals surface area contributed by atoms with Crippen LogP contribution in [0.3, 0.4) is 0 Å². The number of hydrogen-bond donors (Lipinski definition) is 1. The van der Waals surface area contributed by atoms with E-state index in [1.54, 1.807) is 7.11 Å². The highest BCUT2D eigenvalue weighted by Crippen LogP contribution is 2.20. The molecule has 0 spiro atoms. The predicted molar refractivity (Wildman–Crippen MR) is 49.5 cm³/mol. The van der Waals surface area contributed by atoms with Crippen LogP contribution in [0.25, 0.3) is 0 Å². The zero-order valence-corrected chi connectivity index (χ0v) is 8.08. The Labute approximate surface area is 77.9 Å². The van der Waals surface area contributed by atoms with Gasteiger partial charge in [0.25, 0.3) is 0 Å². The van der Waals surface area contributed by atoms with Gasteiger partial charge in [-0.1, -0.05) is 0 Å². The van der Waals surface area contributed by atoms with E-state index in [1.807, 2.05) is 24.1 Å². The molecule has 1 fully saturated rings. The molecule has 4 heteroatoms. The Morgan fingerprint density at radius 1 is 1.69 bits per heavy atom. The number of rotatable bonds is 3. The first-order valence-corrected chi connectivity index (χ1v) is 4.47. The predicted octanol–water partition coefficient (Wildman–Crippen LogP) is -0.0490. The molecule has 0 amide bonds. The van der Waals surface area contributed by atoms with Crippen LogP contribution in [0.1, 0.15) is 5.69 Å². The van der Waals surface area contributed by atoms with Crippen molar-refractivity contribution in [1.82, 2.24) is 14.9 Å². The van der Waals surface area contributed by atoms with Crippen molar-refractivity contribution in [2.45, 2.75) is 12.0 Å². The monoisotopic (exact) mass is 181 g/mol. The van der Waals surface area contributed by atoms with Gasteiger partial charge in [-0.25, -0.2) is 4.98 Å². The van der Waals surface area contributed by atoms with E-state index in [0.29, 0.717) is 0 Å². The van der Waals surface area contributed by atoms with E-state index in [-0.39, 0.29) is 5.60 Å². The van der Waals surface area contributed by atoms with Gasteiger partial charge in [0.05, 0.1) is 11.9 Å². The summed E-state index contributed by atoms with van der Waals surface area (Å²) in [6, 6.07) is 0. The summed E-state index contributed by atoms with van der Waals surface area (Å²) in [5.74, 6) is 0. The number of nitrogens with zero attached hydrogens (tertiary/aromatic N) is 2. The molecule has 2 rings (SSSR count). The van der Waals surface area contributed by atoms with Gasteiger partial charge >= 0.3 is 0 Å². The Morgan fingerprint density at radius 2 is 2.46 bits per heavy atom. The Balaban J connectivity index is 2.08. The van der Waals surface area contributed by atoms with Crippen LogP contribution in [0.2, 0.25) is 0 Å². The van der Waals surface area contributed by atoms with Crippen molar-refractivity contribution in [3.8, 4) is 0 Å². The van der Waals surface area contributed by atoms with Crippen molar-refractivity contribution in [3.05, 3.63) is 18.2 Å². The summed E-state index contributed by atoms with van der Waals surface area (Å²) in [6.07, 6.45) is 4.66. The molecule has 1 N–H and O–H groups in total. The van der Waals surface area contributed by atoms with E-state index >= 15 is 0 Å². The van der Waals surface area contributed by atoms with Crippen LogP contribution in [-0.2, 0) is 18.2 Å². The minimum Gasteiger partial charge on any atom is -0.375 e. The highest BCUT2D eigenvalue weighted by Gasteiger charge is 2.37. The van der Waals surface area contributed by atoms with E-state index in [1.165, 1.54) is 5.69 Å². The second-order valence-corrected chi connectivity index (χ2v) is 3.66. The van der Waals surface area contributed by atoms with E-state index < -0.39 is 0 Å². The van der Waals surface area contributed by atoms with Crippen LogP contribution >= 0.6 is 0 Å². The maximum absolute atomic E-state index is 5.50. The van der Waals surface area contributed by atoms with Crippen molar-refractivity contribution < 1.29 is 4.74 Å². The van der Waals surface area contributed by atoms with Gasteiger partial charge < -0.3 is 14.6 Å². The largest absolute Gasteiger partial charge is 0.375 e. The fraction of sp³-hybridized carbons (Fsp3) is 0.667. The van der Waals surface area contributed by atoms with Crippen molar-refractivity contribution in [3.63, 3.8) is 0 Å². The lowest BCUT2D eigenvalue weighted by Gasteiger charge is -2.41. The molecule has 1 aliphatic rings. The minimum absolute atomic E-state index is 0.00773. The van der Waals surface area contributed by atoms with Gasteiger partial charge in [-0.3, -0.25) is 0 Å². The first kappa shape index (κ1) is 8.72. The number of aromatic nitrogens is 2. The third-order valence-corrected chi connectivity index (χ3v) is 2.75. The molecule has 2 heterocycles. The summed E-state index contributed by atoms with van der Waals surface area (Å²) >= 11 is 0. The molecular formula is C9H15N3O. The van der Waals surface area contributed by atoms with Gasteiger partial charge in [0.1, 0.15) is 0 Å². The van der Waals surface area contributed by atoms with Crippen molar-refractivity contribution in [1.29, 1.82) is 0 Å². The summed E-state index contributed by atoms with van der Waals surface area (Å²) in [6.45, 7) is 1.88. The number of aryl methyl sites for hydroxylation is 1. The Hall–Kier alpha value is -0.870. The summed E-state index contributed by atoms with van der Waals surface area (Å²) in [5.41, 5.74) is 1.23. The molecule has 1 aliphatic heterocycles. The molecule has 0 bridgehead atoms. The number of hydrogen-bond acceptors (Lipinski definition) is 3. The van der Waals surface area contributed by atoms with E-state index in [9.17, 15) is 0 Å². The van der Waals surface area contributed by atoms with Crippen LogP contribution in [-0.4, -0.2) is 35.4 Å². The smallest absolute Gasteiger partial charge is 0.0980 e. The molecule has 1 aromatic heterocycles. The molecule has 0 radical (unpaired) electrons. The summed E-state index contributed by atoms with van der Waals surface area (Å²) in [7, 11) is 3.79. The van der Waals surface area contributed by atoms with Crippen LogP contribution < -0.4 is 5.32 Å². The highest BCUT2D eigenvalue weighted by molar-refractivity contribution is 5.08. The fourth-order valence-corrected chi connectivity index (χ4v) is 1.63. The van der Waals surface area contributed by atoms with Gasteiger partial charge in [-0.15, -0.1) is 0 Å². The molecule has 0 aromatic carbocycles. The highest BCUT2D eigenvalue weighted by atomic mass is 16.5. The lowest BCUT2D eigenvalue weighted by Crippen LogP contribution is -2.62. The molecular weight excluding hydrogens is 166 g/mol. The maximum Gasteiger partial charge on any atom is 0.0980 e. The second-order valence-electron chi connectivity index (χ2n) is 3.66. The van der Waals surface area contributed by atoms with Crippen LogP contribution in [0.15, 0.2) is 12.5 Å². The number of ether oxygens (including phenoxy) is 1. The number of nitrogens with one attached hydrogen (secondary N) is 1. The number of methoxy groups -OCH3 is 1. The Morgan fingerprint density at radius 3 is 2.85 bits per heavy atom. The molecule has 4 nitrogen and oxygen atoms in total. The zero-order chi connectivity index (χ0) is 9.31. The molecule has 72 valence electrons. The summed E-state index contributed by atoms with van der Waals surface area (Å²) in [4.78, 5) is 4.09. The van der Waals surface area contributed by atoms with Gasteiger partial charge in [-0.05, 0) is 0 Å². The minimum atomic E-state index is 0.00773. The van der Waals surface area contributed by atoms with E-state index in [2.05, 4.69) is 10.3 Å². The normalized spacial score (nSPS) is 19.8. The SMILES string of the molecule is COC1(Cc2cncn2C)CNC1. The molecule has 13 heavy (non-hydrogen) atoms. The molecule has 0 atom stereocenters. The summed E-state index contributed by atoms with van der Waals surface area (Å²) in [5, 5.41) is 3.23. The zero-order valence-electron chi connectivity index (χ0n) is 8.08. The van der Waals surface area contributed by atoms with Gasteiger partial charge in [-0.2, -0.15) is 0 Å². The third-order valence-electron chi connectivity index (χ3n) is 2.75. The van der Waals surface area contributed by atoms with Crippen molar-refractivity contribution in [2.24, 2.45) is 7.05 Å². The van der Waals surface area contributed by atoms with Crippen molar-refractivity contribution in [2.75, 3.05) is 20.2 Å². The van der Waals surface area contributed by atoms with Crippen LogP contribution in [0, 0.1) is 0 Å². The maximum atomic E-state index is 5.50. The second kappa shape index (κ2) is 3.12. The van der Waals surface area contributed by atoms with Gasteiger partial charge in [0.15, 0.2) is 0 Å². The first-order valence-electron chi connectivity index (χ1n) is 4.47. The molecule has 1 saturated heterocycles. The third kappa shape index (κ3) is 1.47. The van der Waals surface area contributed by atoms with Gasteiger partial charge in [0, 0.05) is 45.6 Å². The fourth-order valence-electron chi connectivity index (χ4n) is 1.63. The quantitative estimate of drug-likeness (QED) is 0.710. The average molecular weight is 181 g/mol. The van der Waals surface area contributed by atoms with E-state index in [0.717, 1.165) is 19.5 Å². The molecule has 0 unspecified atom stereocenters. The molecule has 0 aliphatic carbocycles. The molecule has 0 saturated carbocycles. The average Bonchev–Trinajstić information content (AvgIpc) is 2.44. The number of imidazole rings is 1. The lowest BCUT2D eigenvalue weighted by atomic mass is 9.91. The van der Waals surface area contributed by atoms with E-state index in [4.69, 9.17) is 4.74 Å². The van der Waals surface area contributed by atoms with Gasteiger partial charge in [0.2, 0.25) is 0 Å². The first-order chi connectivity index (χ1) is 6.26. The van der Waals surface area contributed by atoms with Crippen LogP contribution in [0.5, 0.6) is 0 Å². The summed E-state index contributed by atoms with van der Waals surface area (Å²) < 4.78 is 7.54.